The van der Waals surface area contributed by atoms with Crippen LogP contribution in [-0.4, -0.2) is 50.1 Å². The third-order valence-electron chi connectivity index (χ3n) is 5.63. The molecule has 1 aliphatic heterocycles. The van der Waals surface area contributed by atoms with Gasteiger partial charge in [0.1, 0.15) is 24.6 Å². The molecule has 0 aromatic heterocycles. The molecule has 1 atom stereocenters. The average molecular weight is 477 g/mol. The summed E-state index contributed by atoms with van der Waals surface area (Å²) in [6, 6.07) is 9.20. The van der Waals surface area contributed by atoms with Crippen molar-refractivity contribution in [1.82, 2.24) is 10.6 Å². The normalized spacial score (nSPS) is 14.3. The minimum absolute atomic E-state index is 0.137. The second-order valence-electron chi connectivity index (χ2n) is 8.29. The van der Waals surface area contributed by atoms with Crippen LogP contribution in [0, 0.1) is 13.8 Å². The van der Waals surface area contributed by atoms with Crippen LogP contribution >= 0.6 is 0 Å². The maximum atomic E-state index is 11.3. The number of aliphatic hydroxyl groups excluding tert-OH is 1. The Morgan fingerprint density at radius 1 is 1.14 bits per heavy atom. The number of aryl methyl sites for hydroxylation is 2. The number of fused-ring (bicyclic) bond motifs is 1. The van der Waals surface area contributed by atoms with Gasteiger partial charge in [0.2, 0.25) is 0 Å². The van der Waals surface area contributed by atoms with Crippen molar-refractivity contribution in [3.8, 4) is 5.75 Å². The van der Waals surface area contributed by atoms with E-state index in [1.165, 1.54) is 0 Å². The molecule has 2 aromatic carbocycles. The van der Waals surface area contributed by atoms with Gasteiger partial charge in [0.15, 0.2) is 12.6 Å². The molecule has 1 heterocycles. The lowest BCUT2D eigenvalue weighted by molar-refractivity contribution is 0.108. The topological polar surface area (TPSA) is 112 Å². The van der Waals surface area contributed by atoms with E-state index >= 15 is 0 Å². The second kappa shape index (κ2) is 11.9. The van der Waals surface area contributed by atoms with E-state index in [0.29, 0.717) is 35.1 Å². The third-order valence-corrected chi connectivity index (χ3v) is 5.63. The fourth-order valence-electron chi connectivity index (χ4n) is 3.82. The Hall–Kier alpha value is -4.04. The molecule has 8 heteroatoms. The van der Waals surface area contributed by atoms with Crippen molar-refractivity contribution in [2.45, 2.75) is 26.1 Å². The van der Waals surface area contributed by atoms with E-state index in [4.69, 9.17) is 4.74 Å². The number of allylic oxidation sites excluding steroid dienone is 1. The SMILES string of the molecule is C=C/C(=C(\C=C/NC)NCC(O)COc1ccc(C)cc1C)C1Nc2cc(C=O)c(C=O)cc2N1. The molecule has 35 heavy (non-hydrogen) atoms. The van der Waals surface area contributed by atoms with Crippen molar-refractivity contribution in [2.24, 2.45) is 0 Å². The molecule has 0 saturated heterocycles. The van der Waals surface area contributed by atoms with Gasteiger partial charge in [0.05, 0.1) is 11.4 Å². The highest BCUT2D eigenvalue weighted by atomic mass is 16.5. The van der Waals surface area contributed by atoms with Crippen molar-refractivity contribution in [3.63, 3.8) is 0 Å². The summed E-state index contributed by atoms with van der Waals surface area (Å²) in [7, 11) is 1.79. The van der Waals surface area contributed by atoms with Gasteiger partial charge in [-0.2, -0.15) is 0 Å². The number of aldehydes is 2. The maximum absolute atomic E-state index is 11.3. The molecule has 1 aliphatic rings. The predicted octanol–water partition coefficient (Wildman–Crippen LogP) is 3.29. The lowest BCUT2D eigenvalue weighted by Crippen LogP contribution is -2.33. The lowest BCUT2D eigenvalue weighted by atomic mass is 10.1. The highest BCUT2D eigenvalue weighted by Gasteiger charge is 2.25. The highest BCUT2D eigenvalue weighted by Crippen LogP contribution is 2.34. The predicted molar refractivity (Wildman–Crippen MR) is 139 cm³/mol. The van der Waals surface area contributed by atoms with Crippen LogP contribution in [0.3, 0.4) is 0 Å². The van der Waals surface area contributed by atoms with E-state index in [0.717, 1.165) is 28.1 Å². The summed E-state index contributed by atoms with van der Waals surface area (Å²) < 4.78 is 5.80. The molecule has 3 rings (SSSR count). The first-order valence-corrected chi connectivity index (χ1v) is 11.3. The fraction of sp³-hybridized carbons (Fsp3) is 0.259. The number of carbonyl (C=O) groups is 2. The number of benzene rings is 2. The van der Waals surface area contributed by atoms with Crippen LogP contribution < -0.4 is 26.0 Å². The van der Waals surface area contributed by atoms with Gasteiger partial charge in [-0.05, 0) is 49.9 Å². The first-order chi connectivity index (χ1) is 16.9. The number of hydrogen-bond donors (Lipinski definition) is 5. The summed E-state index contributed by atoms with van der Waals surface area (Å²) in [6.45, 7) is 8.33. The standard InChI is InChI=1S/C27H32N4O4/c1-5-22(27-30-24-11-19(14-32)20(15-33)12-25(24)31-27)23(8-9-28-4)29-13-21(34)16-35-26-7-6-17(2)10-18(26)3/h5-12,14-15,21,27-31,34H,1,13,16H2,2-4H3/b9-8-,23-22-. The zero-order chi connectivity index (χ0) is 25.4. The molecule has 5 N–H and O–H groups in total. The Labute approximate surface area is 205 Å². The highest BCUT2D eigenvalue weighted by molar-refractivity contribution is 5.95. The van der Waals surface area contributed by atoms with Gasteiger partial charge < -0.3 is 31.1 Å². The molecule has 8 nitrogen and oxygen atoms in total. The molecule has 0 amide bonds. The number of carbonyl (C=O) groups excluding carboxylic acids is 2. The molecular weight excluding hydrogens is 444 g/mol. The molecular formula is C27H32N4O4. The second-order valence-corrected chi connectivity index (χ2v) is 8.29. The van der Waals surface area contributed by atoms with Gasteiger partial charge in [-0.25, -0.2) is 0 Å². The Morgan fingerprint density at radius 2 is 1.80 bits per heavy atom. The van der Waals surface area contributed by atoms with Crippen molar-refractivity contribution >= 4 is 23.9 Å². The molecule has 1 unspecified atom stereocenters. The molecule has 0 radical (unpaired) electrons. The monoisotopic (exact) mass is 476 g/mol. The number of rotatable bonds is 12. The van der Waals surface area contributed by atoms with Crippen molar-refractivity contribution in [3.05, 3.63) is 88.8 Å². The average Bonchev–Trinajstić information content (AvgIpc) is 3.26. The van der Waals surface area contributed by atoms with Gasteiger partial charge in [-0.1, -0.05) is 30.4 Å². The summed E-state index contributed by atoms with van der Waals surface area (Å²) >= 11 is 0. The Kier molecular flexibility index (Phi) is 8.69. The molecule has 0 aliphatic carbocycles. The summed E-state index contributed by atoms with van der Waals surface area (Å²) in [4.78, 5) is 22.6. The van der Waals surface area contributed by atoms with E-state index in [9.17, 15) is 14.7 Å². The van der Waals surface area contributed by atoms with Crippen LogP contribution in [0.4, 0.5) is 11.4 Å². The van der Waals surface area contributed by atoms with E-state index in [2.05, 4.69) is 27.8 Å². The van der Waals surface area contributed by atoms with Crippen LogP contribution in [0.2, 0.25) is 0 Å². The Balaban J connectivity index is 1.73. The van der Waals surface area contributed by atoms with Crippen LogP contribution in [0.25, 0.3) is 0 Å². The van der Waals surface area contributed by atoms with Crippen LogP contribution in [0.5, 0.6) is 5.75 Å². The lowest BCUT2D eigenvalue weighted by Gasteiger charge is -2.21. The Bertz CT molecular complexity index is 1120. The summed E-state index contributed by atoms with van der Waals surface area (Å²) in [5.74, 6) is 0.744. The van der Waals surface area contributed by atoms with Crippen LogP contribution in [0.1, 0.15) is 31.8 Å². The molecule has 2 aromatic rings. The molecule has 0 spiro atoms. The number of anilines is 2. The summed E-state index contributed by atoms with van der Waals surface area (Å²) in [6.07, 6.45) is 5.51. The smallest absolute Gasteiger partial charge is 0.150 e. The van der Waals surface area contributed by atoms with Crippen molar-refractivity contribution in [2.75, 3.05) is 30.8 Å². The number of nitrogens with one attached hydrogen (secondary N) is 4. The number of aliphatic hydroxyl groups is 1. The third kappa shape index (κ3) is 6.30. The van der Waals surface area contributed by atoms with Crippen molar-refractivity contribution in [1.29, 1.82) is 0 Å². The van der Waals surface area contributed by atoms with Crippen LogP contribution in [0.15, 0.2) is 66.5 Å². The van der Waals surface area contributed by atoms with Gasteiger partial charge in [0, 0.05) is 36.0 Å². The minimum Gasteiger partial charge on any atom is -0.491 e. The first-order valence-electron chi connectivity index (χ1n) is 11.3. The van der Waals surface area contributed by atoms with Gasteiger partial charge in [-0.15, -0.1) is 0 Å². The minimum atomic E-state index is -0.758. The van der Waals surface area contributed by atoms with E-state index in [1.54, 1.807) is 31.5 Å². The van der Waals surface area contributed by atoms with Gasteiger partial charge in [0.25, 0.3) is 0 Å². The molecule has 0 bridgehead atoms. The van der Waals surface area contributed by atoms with Crippen molar-refractivity contribution < 1.29 is 19.4 Å². The molecule has 0 saturated carbocycles. The van der Waals surface area contributed by atoms with E-state index in [1.807, 2.05) is 38.1 Å². The van der Waals surface area contributed by atoms with Gasteiger partial charge >= 0.3 is 0 Å². The first kappa shape index (κ1) is 25.6. The van der Waals surface area contributed by atoms with E-state index < -0.39 is 6.10 Å². The quantitative estimate of drug-likeness (QED) is 0.234. The maximum Gasteiger partial charge on any atom is 0.150 e. The zero-order valence-corrected chi connectivity index (χ0v) is 20.2. The van der Waals surface area contributed by atoms with Gasteiger partial charge in [-0.3, -0.25) is 9.59 Å². The number of hydrogen-bond acceptors (Lipinski definition) is 8. The zero-order valence-electron chi connectivity index (χ0n) is 20.2. The Morgan fingerprint density at radius 3 is 2.34 bits per heavy atom. The summed E-state index contributed by atoms with van der Waals surface area (Å²) in [5.41, 5.74) is 5.74. The van der Waals surface area contributed by atoms with Crippen LogP contribution in [-0.2, 0) is 0 Å². The number of ether oxygens (including phenoxy) is 1. The molecule has 184 valence electrons. The van der Waals surface area contributed by atoms with E-state index in [-0.39, 0.29) is 19.3 Å². The molecule has 0 fully saturated rings. The summed E-state index contributed by atoms with van der Waals surface area (Å²) in [5, 5.41) is 23.4. The largest absolute Gasteiger partial charge is 0.491 e. The fourth-order valence-corrected chi connectivity index (χ4v) is 3.82.